The number of aromatic nitrogens is 1. The number of benzene rings is 1. The van der Waals surface area contributed by atoms with E-state index in [9.17, 15) is 9.59 Å². The van der Waals surface area contributed by atoms with Crippen molar-refractivity contribution < 1.29 is 19.4 Å². The standard InChI is InChI=1S/C14H11ClN2O4/c1-21-11-5-4-8(15)7-10(11)13(18)17-12-9(14(19)20)3-2-6-16-12/h2-7H,1H3,(H,19,20)(H,16,17,18). The predicted octanol–water partition coefficient (Wildman–Crippen LogP) is 2.69. The van der Waals surface area contributed by atoms with E-state index in [0.29, 0.717) is 10.8 Å². The molecule has 1 amide bonds. The highest BCUT2D eigenvalue weighted by Gasteiger charge is 2.17. The molecule has 0 unspecified atom stereocenters. The van der Waals surface area contributed by atoms with Crippen LogP contribution in [0.1, 0.15) is 20.7 Å². The van der Waals surface area contributed by atoms with E-state index in [-0.39, 0.29) is 16.9 Å². The van der Waals surface area contributed by atoms with Crippen molar-refractivity contribution >= 4 is 29.3 Å². The molecule has 0 atom stereocenters. The fraction of sp³-hybridized carbons (Fsp3) is 0.0714. The maximum atomic E-state index is 12.2. The zero-order valence-electron chi connectivity index (χ0n) is 11.0. The molecule has 0 saturated heterocycles. The van der Waals surface area contributed by atoms with Gasteiger partial charge in [-0.05, 0) is 30.3 Å². The van der Waals surface area contributed by atoms with Crippen LogP contribution in [-0.4, -0.2) is 29.1 Å². The number of hydrogen-bond acceptors (Lipinski definition) is 4. The molecule has 0 saturated carbocycles. The van der Waals surface area contributed by atoms with Crippen LogP contribution in [0.25, 0.3) is 0 Å². The fourth-order valence-corrected chi connectivity index (χ4v) is 1.88. The maximum Gasteiger partial charge on any atom is 0.339 e. The third-order valence-electron chi connectivity index (χ3n) is 2.68. The Labute approximate surface area is 125 Å². The molecule has 0 aliphatic carbocycles. The average Bonchev–Trinajstić information content (AvgIpc) is 2.47. The molecular formula is C14H11ClN2O4. The van der Waals surface area contributed by atoms with Crippen LogP contribution in [0.5, 0.6) is 5.75 Å². The Bertz CT molecular complexity index is 703. The van der Waals surface area contributed by atoms with Gasteiger partial charge in [-0.3, -0.25) is 4.79 Å². The second-order valence-corrected chi connectivity index (χ2v) is 4.44. The van der Waals surface area contributed by atoms with Gasteiger partial charge in [0.15, 0.2) is 0 Å². The van der Waals surface area contributed by atoms with Crippen molar-refractivity contribution in [3.05, 3.63) is 52.7 Å². The van der Waals surface area contributed by atoms with Crippen LogP contribution < -0.4 is 10.1 Å². The molecule has 1 aromatic heterocycles. The van der Waals surface area contributed by atoms with Crippen LogP contribution in [0.2, 0.25) is 5.02 Å². The number of carbonyl (C=O) groups is 2. The van der Waals surface area contributed by atoms with Crippen molar-refractivity contribution in [1.82, 2.24) is 4.98 Å². The number of nitrogens with zero attached hydrogens (tertiary/aromatic N) is 1. The topological polar surface area (TPSA) is 88.5 Å². The van der Waals surface area contributed by atoms with Crippen molar-refractivity contribution in [2.24, 2.45) is 0 Å². The summed E-state index contributed by atoms with van der Waals surface area (Å²) in [4.78, 5) is 27.2. The van der Waals surface area contributed by atoms with Crippen LogP contribution in [0.15, 0.2) is 36.5 Å². The van der Waals surface area contributed by atoms with Crippen LogP contribution >= 0.6 is 11.6 Å². The number of carboxylic acid groups (broad SMARTS) is 1. The minimum absolute atomic E-state index is 0.0444. The minimum atomic E-state index is -1.18. The van der Waals surface area contributed by atoms with Crippen LogP contribution in [0.4, 0.5) is 5.82 Å². The Kier molecular flexibility index (Phi) is 4.39. The molecule has 0 aliphatic heterocycles. The molecule has 1 aromatic carbocycles. The lowest BCUT2D eigenvalue weighted by Crippen LogP contribution is -2.16. The van der Waals surface area contributed by atoms with Gasteiger partial charge in [0.1, 0.15) is 17.1 Å². The summed E-state index contributed by atoms with van der Waals surface area (Å²) in [7, 11) is 1.42. The molecule has 0 spiro atoms. The van der Waals surface area contributed by atoms with Gasteiger partial charge in [-0.2, -0.15) is 0 Å². The Morgan fingerprint density at radius 3 is 2.71 bits per heavy atom. The van der Waals surface area contributed by atoms with E-state index in [2.05, 4.69) is 10.3 Å². The van der Waals surface area contributed by atoms with Gasteiger partial charge in [0, 0.05) is 11.2 Å². The van der Waals surface area contributed by atoms with Crippen molar-refractivity contribution in [1.29, 1.82) is 0 Å². The molecule has 2 aromatic rings. The molecule has 0 aliphatic rings. The van der Waals surface area contributed by atoms with Gasteiger partial charge < -0.3 is 15.2 Å². The van der Waals surface area contributed by atoms with Gasteiger partial charge in [-0.15, -0.1) is 0 Å². The molecule has 6 nitrogen and oxygen atoms in total. The molecule has 1 heterocycles. The van der Waals surface area contributed by atoms with Crippen LogP contribution in [0.3, 0.4) is 0 Å². The summed E-state index contributed by atoms with van der Waals surface area (Å²) < 4.78 is 5.08. The van der Waals surface area contributed by atoms with Crippen molar-refractivity contribution in [3.8, 4) is 5.75 Å². The van der Waals surface area contributed by atoms with E-state index in [1.165, 1.54) is 31.5 Å². The fourth-order valence-electron chi connectivity index (χ4n) is 1.71. The quantitative estimate of drug-likeness (QED) is 0.906. The zero-order valence-corrected chi connectivity index (χ0v) is 11.7. The number of nitrogens with one attached hydrogen (secondary N) is 1. The highest BCUT2D eigenvalue weighted by atomic mass is 35.5. The smallest absolute Gasteiger partial charge is 0.339 e. The number of anilines is 1. The van der Waals surface area contributed by atoms with Crippen molar-refractivity contribution in [2.75, 3.05) is 12.4 Å². The first kappa shape index (κ1) is 14.8. The first-order valence-electron chi connectivity index (χ1n) is 5.86. The van der Waals surface area contributed by atoms with Crippen molar-refractivity contribution in [2.45, 2.75) is 0 Å². The second-order valence-electron chi connectivity index (χ2n) is 4.00. The summed E-state index contributed by atoms with van der Waals surface area (Å²) in [5.74, 6) is -1.46. The Morgan fingerprint density at radius 2 is 2.05 bits per heavy atom. The van der Waals surface area contributed by atoms with E-state index in [1.54, 1.807) is 12.1 Å². The molecule has 7 heteroatoms. The first-order chi connectivity index (χ1) is 10.0. The highest BCUT2D eigenvalue weighted by Crippen LogP contribution is 2.24. The molecule has 0 bridgehead atoms. The lowest BCUT2D eigenvalue weighted by molar-refractivity contribution is 0.0697. The molecule has 21 heavy (non-hydrogen) atoms. The number of aromatic carboxylic acids is 1. The zero-order chi connectivity index (χ0) is 15.4. The summed E-state index contributed by atoms with van der Waals surface area (Å²) in [6.07, 6.45) is 1.39. The maximum absolute atomic E-state index is 12.2. The number of amides is 1. The highest BCUT2D eigenvalue weighted by molar-refractivity contribution is 6.31. The van der Waals surface area contributed by atoms with E-state index in [1.807, 2.05) is 0 Å². The molecular weight excluding hydrogens is 296 g/mol. The van der Waals surface area contributed by atoms with E-state index in [4.69, 9.17) is 21.4 Å². The summed E-state index contributed by atoms with van der Waals surface area (Å²) in [5.41, 5.74) is 0.0823. The number of halogens is 1. The number of methoxy groups -OCH3 is 1. The largest absolute Gasteiger partial charge is 0.496 e. The number of hydrogen-bond donors (Lipinski definition) is 2. The van der Waals surface area contributed by atoms with Crippen LogP contribution in [-0.2, 0) is 0 Å². The first-order valence-corrected chi connectivity index (χ1v) is 6.24. The average molecular weight is 307 g/mol. The van der Waals surface area contributed by atoms with E-state index < -0.39 is 11.9 Å². The number of pyridine rings is 1. The van der Waals surface area contributed by atoms with Gasteiger partial charge in [0.25, 0.3) is 5.91 Å². The summed E-state index contributed by atoms with van der Waals surface area (Å²) in [6.45, 7) is 0. The van der Waals surface area contributed by atoms with E-state index in [0.717, 1.165) is 0 Å². The molecule has 0 fully saturated rings. The van der Waals surface area contributed by atoms with Gasteiger partial charge in [-0.25, -0.2) is 9.78 Å². The van der Waals surface area contributed by atoms with Gasteiger partial charge in [0.2, 0.25) is 0 Å². The van der Waals surface area contributed by atoms with Gasteiger partial charge >= 0.3 is 5.97 Å². The van der Waals surface area contributed by atoms with Crippen molar-refractivity contribution in [3.63, 3.8) is 0 Å². The predicted molar refractivity (Wildman–Crippen MR) is 77.2 cm³/mol. The minimum Gasteiger partial charge on any atom is -0.496 e. The Balaban J connectivity index is 2.35. The van der Waals surface area contributed by atoms with Crippen LogP contribution in [0, 0.1) is 0 Å². The number of carboxylic acids is 1. The lowest BCUT2D eigenvalue weighted by atomic mass is 10.1. The lowest BCUT2D eigenvalue weighted by Gasteiger charge is -2.10. The SMILES string of the molecule is COc1ccc(Cl)cc1C(=O)Nc1ncccc1C(=O)O. The number of rotatable bonds is 4. The van der Waals surface area contributed by atoms with E-state index >= 15 is 0 Å². The Hall–Kier alpha value is -2.60. The third-order valence-corrected chi connectivity index (χ3v) is 2.91. The number of carbonyl (C=O) groups excluding carboxylic acids is 1. The third kappa shape index (κ3) is 3.29. The normalized spacial score (nSPS) is 10.0. The van der Waals surface area contributed by atoms with Gasteiger partial charge in [0.05, 0.1) is 12.7 Å². The Morgan fingerprint density at radius 1 is 1.29 bits per heavy atom. The summed E-state index contributed by atoms with van der Waals surface area (Å²) in [5, 5.41) is 11.9. The number of ether oxygens (including phenoxy) is 1. The second kappa shape index (κ2) is 6.23. The monoisotopic (exact) mass is 306 g/mol. The summed E-state index contributed by atoms with van der Waals surface area (Å²) >= 11 is 5.86. The molecule has 2 rings (SSSR count). The molecule has 2 N–H and O–H groups in total. The van der Waals surface area contributed by atoms with Gasteiger partial charge in [-0.1, -0.05) is 11.6 Å². The molecule has 0 radical (unpaired) electrons. The summed E-state index contributed by atoms with van der Waals surface area (Å²) in [6, 6.07) is 7.38. The molecule has 108 valence electrons.